The summed E-state index contributed by atoms with van der Waals surface area (Å²) in [6, 6.07) is 34.8. The van der Waals surface area contributed by atoms with Crippen LogP contribution < -0.4 is 4.90 Å². The maximum absolute atomic E-state index is 2.46. The summed E-state index contributed by atoms with van der Waals surface area (Å²) in [5.41, 5.74) is 6.75. The standard InChI is InChI=1S/C36H37NS/c1-3-9-26(10-4-1)28-15-19-30(20-16-28)37(31-21-17-29(18-22-31)27-11-5-2-6-12-27)32-23-24-36-34(25-32)33-13-7-8-14-35(33)38-36/h7-8,13-27H,1-6,9-12H2. The van der Waals surface area contributed by atoms with Gasteiger partial charge in [0.25, 0.3) is 0 Å². The van der Waals surface area contributed by atoms with Gasteiger partial charge in [0.05, 0.1) is 0 Å². The number of nitrogens with zero attached hydrogens (tertiary/aromatic N) is 1. The maximum Gasteiger partial charge on any atom is 0.0468 e. The van der Waals surface area contributed by atoms with E-state index in [9.17, 15) is 0 Å². The van der Waals surface area contributed by atoms with Crippen LogP contribution in [0.4, 0.5) is 17.1 Å². The molecule has 0 atom stereocenters. The van der Waals surface area contributed by atoms with Crippen LogP contribution in [0, 0.1) is 0 Å². The smallest absolute Gasteiger partial charge is 0.0468 e. The molecule has 1 aromatic heterocycles. The Morgan fingerprint density at radius 2 is 0.974 bits per heavy atom. The molecule has 0 spiro atoms. The van der Waals surface area contributed by atoms with Gasteiger partial charge in [0.2, 0.25) is 0 Å². The van der Waals surface area contributed by atoms with Gasteiger partial charge in [0, 0.05) is 37.2 Å². The van der Waals surface area contributed by atoms with E-state index < -0.39 is 0 Å². The summed E-state index contributed by atoms with van der Waals surface area (Å²) in [5, 5.41) is 2.71. The first kappa shape index (κ1) is 24.0. The lowest BCUT2D eigenvalue weighted by atomic mass is 9.84. The fourth-order valence-electron chi connectivity index (χ4n) is 6.96. The molecule has 0 aliphatic heterocycles. The second kappa shape index (κ2) is 10.6. The Kier molecular flexibility index (Phi) is 6.67. The largest absolute Gasteiger partial charge is 0.310 e. The number of rotatable bonds is 5. The molecule has 1 heterocycles. The lowest BCUT2D eigenvalue weighted by Crippen LogP contribution is -2.11. The molecule has 0 bridgehead atoms. The highest BCUT2D eigenvalue weighted by Crippen LogP contribution is 2.42. The van der Waals surface area contributed by atoms with Crippen LogP contribution in [0.5, 0.6) is 0 Å². The summed E-state index contributed by atoms with van der Waals surface area (Å²) < 4.78 is 2.72. The first-order valence-corrected chi connectivity index (χ1v) is 15.6. The Bertz CT molecular complexity index is 1450. The van der Waals surface area contributed by atoms with Gasteiger partial charge in [-0.3, -0.25) is 0 Å². The zero-order valence-electron chi connectivity index (χ0n) is 22.2. The maximum atomic E-state index is 2.46. The van der Waals surface area contributed by atoms with Crippen molar-refractivity contribution < 1.29 is 0 Å². The molecule has 2 heteroatoms. The molecule has 0 amide bonds. The van der Waals surface area contributed by atoms with Gasteiger partial charge in [0.15, 0.2) is 0 Å². The second-order valence-electron chi connectivity index (χ2n) is 11.5. The van der Waals surface area contributed by atoms with Crippen LogP contribution in [-0.4, -0.2) is 0 Å². The molecule has 4 aromatic carbocycles. The SMILES string of the molecule is c1ccc2c(c1)sc1ccc(N(c3ccc(C4CCCCC4)cc3)c3ccc(C4CCCCC4)cc3)cc12. The van der Waals surface area contributed by atoms with Crippen LogP contribution in [0.1, 0.15) is 87.2 Å². The lowest BCUT2D eigenvalue weighted by Gasteiger charge is -2.28. The molecule has 192 valence electrons. The topological polar surface area (TPSA) is 3.24 Å². The predicted molar refractivity (Wildman–Crippen MR) is 166 cm³/mol. The first-order valence-electron chi connectivity index (χ1n) is 14.7. The molecular weight excluding hydrogens is 478 g/mol. The summed E-state index contributed by atoms with van der Waals surface area (Å²) in [5.74, 6) is 1.46. The third-order valence-electron chi connectivity index (χ3n) is 9.07. The number of thiophene rings is 1. The van der Waals surface area contributed by atoms with Crippen LogP contribution in [0.3, 0.4) is 0 Å². The molecule has 38 heavy (non-hydrogen) atoms. The molecule has 5 aromatic rings. The Labute approximate surface area is 231 Å². The van der Waals surface area contributed by atoms with Crippen molar-refractivity contribution in [2.75, 3.05) is 4.90 Å². The number of hydrogen-bond acceptors (Lipinski definition) is 2. The van der Waals surface area contributed by atoms with Crippen LogP contribution in [0.2, 0.25) is 0 Å². The normalized spacial score (nSPS) is 17.3. The van der Waals surface area contributed by atoms with Gasteiger partial charge in [-0.25, -0.2) is 0 Å². The van der Waals surface area contributed by atoms with Crippen LogP contribution in [0.25, 0.3) is 20.2 Å². The highest BCUT2D eigenvalue weighted by atomic mass is 32.1. The van der Waals surface area contributed by atoms with Gasteiger partial charge in [-0.1, -0.05) is 81.0 Å². The van der Waals surface area contributed by atoms with Crippen molar-refractivity contribution in [2.45, 2.75) is 76.0 Å². The molecule has 2 aliphatic carbocycles. The van der Waals surface area contributed by atoms with Gasteiger partial charge in [0.1, 0.15) is 0 Å². The van der Waals surface area contributed by atoms with E-state index in [4.69, 9.17) is 0 Å². The Hall–Kier alpha value is -3.10. The zero-order chi connectivity index (χ0) is 25.3. The fraction of sp³-hybridized carbons (Fsp3) is 0.333. The lowest BCUT2D eigenvalue weighted by molar-refractivity contribution is 0.443. The van der Waals surface area contributed by atoms with Gasteiger partial charge in [-0.05, 0) is 97.2 Å². The van der Waals surface area contributed by atoms with Crippen molar-refractivity contribution in [3.63, 3.8) is 0 Å². The van der Waals surface area contributed by atoms with Gasteiger partial charge in [-0.2, -0.15) is 0 Å². The molecule has 0 saturated heterocycles. The summed E-state index contributed by atoms with van der Waals surface area (Å²) in [4.78, 5) is 2.46. The summed E-state index contributed by atoms with van der Waals surface area (Å²) in [6.45, 7) is 0. The van der Waals surface area contributed by atoms with E-state index in [1.807, 2.05) is 11.3 Å². The fourth-order valence-corrected chi connectivity index (χ4v) is 8.05. The summed E-state index contributed by atoms with van der Waals surface area (Å²) >= 11 is 1.89. The van der Waals surface area contributed by atoms with E-state index >= 15 is 0 Å². The predicted octanol–water partition coefficient (Wildman–Crippen LogP) is 11.6. The highest BCUT2D eigenvalue weighted by molar-refractivity contribution is 7.25. The number of anilines is 3. The summed E-state index contributed by atoms with van der Waals surface area (Å²) in [7, 11) is 0. The quantitative estimate of drug-likeness (QED) is 0.225. The minimum absolute atomic E-state index is 0.731. The highest BCUT2D eigenvalue weighted by Gasteiger charge is 2.20. The van der Waals surface area contributed by atoms with E-state index in [2.05, 4.69) is 95.9 Å². The van der Waals surface area contributed by atoms with Crippen molar-refractivity contribution >= 4 is 48.6 Å². The van der Waals surface area contributed by atoms with E-state index in [1.165, 1.54) is 113 Å². The average Bonchev–Trinajstić information content (AvgIpc) is 3.37. The molecule has 0 unspecified atom stereocenters. The number of fused-ring (bicyclic) bond motifs is 3. The molecular formula is C36H37NS. The molecule has 1 nitrogen and oxygen atoms in total. The van der Waals surface area contributed by atoms with Crippen molar-refractivity contribution in [1.29, 1.82) is 0 Å². The first-order chi connectivity index (χ1) is 18.8. The average molecular weight is 516 g/mol. The third-order valence-corrected chi connectivity index (χ3v) is 10.2. The van der Waals surface area contributed by atoms with Crippen LogP contribution in [-0.2, 0) is 0 Å². The second-order valence-corrected chi connectivity index (χ2v) is 12.6. The monoisotopic (exact) mass is 515 g/mol. The third kappa shape index (κ3) is 4.64. The zero-order valence-corrected chi connectivity index (χ0v) is 23.1. The van der Waals surface area contributed by atoms with Crippen molar-refractivity contribution in [2.24, 2.45) is 0 Å². The van der Waals surface area contributed by atoms with Crippen molar-refractivity contribution in [1.82, 2.24) is 0 Å². The Balaban J connectivity index is 1.29. The molecule has 2 fully saturated rings. The van der Waals surface area contributed by atoms with E-state index in [0.717, 1.165) is 11.8 Å². The summed E-state index contributed by atoms with van der Waals surface area (Å²) in [6.07, 6.45) is 13.7. The van der Waals surface area contributed by atoms with Gasteiger partial charge < -0.3 is 4.90 Å². The van der Waals surface area contributed by atoms with E-state index in [0.29, 0.717) is 0 Å². The molecule has 7 rings (SSSR count). The van der Waals surface area contributed by atoms with Crippen molar-refractivity contribution in [3.05, 3.63) is 102 Å². The molecule has 2 aliphatic rings. The van der Waals surface area contributed by atoms with Crippen LogP contribution >= 0.6 is 11.3 Å². The Morgan fingerprint density at radius 3 is 1.55 bits per heavy atom. The minimum Gasteiger partial charge on any atom is -0.310 e. The molecule has 2 saturated carbocycles. The molecule has 0 N–H and O–H groups in total. The molecule has 0 radical (unpaired) electrons. The van der Waals surface area contributed by atoms with Crippen LogP contribution in [0.15, 0.2) is 91.0 Å². The van der Waals surface area contributed by atoms with Gasteiger partial charge >= 0.3 is 0 Å². The Morgan fingerprint density at radius 1 is 0.474 bits per heavy atom. The van der Waals surface area contributed by atoms with Gasteiger partial charge in [-0.15, -0.1) is 11.3 Å². The number of benzene rings is 4. The number of hydrogen-bond donors (Lipinski definition) is 0. The van der Waals surface area contributed by atoms with E-state index in [-0.39, 0.29) is 0 Å². The van der Waals surface area contributed by atoms with Crippen molar-refractivity contribution in [3.8, 4) is 0 Å². The van der Waals surface area contributed by atoms with E-state index in [1.54, 1.807) is 0 Å². The minimum atomic E-state index is 0.731.